The molecule has 1 aromatic heterocycles. The highest BCUT2D eigenvalue weighted by Gasteiger charge is 2.17. The molecular formula is C18H22FN3O2. The molecule has 5 nitrogen and oxygen atoms in total. The van der Waals surface area contributed by atoms with Gasteiger partial charge in [-0.05, 0) is 43.4 Å². The number of fused-ring (bicyclic) bond motifs is 1. The monoisotopic (exact) mass is 331 g/mol. The lowest BCUT2D eigenvalue weighted by Gasteiger charge is -2.11. The second-order valence-electron chi connectivity index (χ2n) is 5.96. The number of hydrogen-bond acceptors (Lipinski definition) is 3. The van der Waals surface area contributed by atoms with Gasteiger partial charge in [-0.2, -0.15) is 5.10 Å². The van der Waals surface area contributed by atoms with E-state index in [1.54, 1.807) is 18.2 Å². The summed E-state index contributed by atoms with van der Waals surface area (Å²) in [5, 5.41) is 10.2. The van der Waals surface area contributed by atoms with Crippen molar-refractivity contribution in [3.63, 3.8) is 0 Å². The summed E-state index contributed by atoms with van der Waals surface area (Å²) < 4.78 is 18.7. The van der Waals surface area contributed by atoms with Crippen molar-refractivity contribution in [3.8, 4) is 5.75 Å². The molecule has 0 unspecified atom stereocenters. The van der Waals surface area contributed by atoms with E-state index in [0.717, 1.165) is 18.5 Å². The first-order chi connectivity index (χ1) is 11.7. The van der Waals surface area contributed by atoms with Crippen molar-refractivity contribution in [2.75, 3.05) is 13.2 Å². The fraction of sp³-hybridized carbons (Fsp3) is 0.444. The molecule has 0 saturated carbocycles. The molecule has 128 valence electrons. The standard InChI is InChI=1S/C18H22FN3O2/c19-14-6-2-4-8-17(14)24-12-11-20-18(23)10-9-16-13-5-1-3-7-15(13)21-22-16/h2,4,6,8H,1,3,5,7,9-12H2,(H,20,23)(H,21,22). The number of benzene rings is 1. The van der Waals surface area contributed by atoms with Crippen LogP contribution in [0.1, 0.15) is 36.2 Å². The van der Waals surface area contributed by atoms with Gasteiger partial charge in [0.2, 0.25) is 5.91 Å². The Kier molecular flexibility index (Phi) is 5.46. The van der Waals surface area contributed by atoms with Crippen molar-refractivity contribution in [1.82, 2.24) is 15.5 Å². The number of para-hydroxylation sites is 1. The lowest BCUT2D eigenvalue weighted by Crippen LogP contribution is -2.28. The zero-order valence-electron chi connectivity index (χ0n) is 13.6. The minimum absolute atomic E-state index is 0.0420. The summed E-state index contributed by atoms with van der Waals surface area (Å²) >= 11 is 0. The molecule has 24 heavy (non-hydrogen) atoms. The third-order valence-corrected chi connectivity index (χ3v) is 4.25. The summed E-state index contributed by atoms with van der Waals surface area (Å²) in [5.41, 5.74) is 3.55. The van der Waals surface area contributed by atoms with Gasteiger partial charge in [0, 0.05) is 18.5 Å². The van der Waals surface area contributed by atoms with E-state index < -0.39 is 5.82 Å². The smallest absolute Gasteiger partial charge is 0.220 e. The molecule has 0 radical (unpaired) electrons. The lowest BCUT2D eigenvalue weighted by atomic mass is 9.95. The minimum atomic E-state index is -0.396. The molecule has 0 aliphatic heterocycles. The number of rotatable bonds is 7. The number of nitrogens with one attached hydrogen (secondary N) is 2. The Morgan fingerprint density at radius 2 is 2.12 bits per heavy atom. The second kappa shape index (κ2) is 7.95. The predicted octanol–water partition coefficient (Wildman–Crippen LogP) is 2.56. The lowest BCUT2D eigenvalue weighted by molar-refractivity contribution is -0.121. The van der Waals surface area contributed by atoms with E-state index in [-0.39, 0.29) is 18.3 Å². The van der Waals surface area contributed by atoms with Crippen LogP contribution >= 0.6 is 0 Å². The van der Waals surface area contributed by atoms with Gasteiger partial charge in [0.1, 0.15) is 6.61 Å². The van der Waals surface area contributed by atoms with Gasteiger partial charge < -0.3 is 10.1 Å². The summed E-state index contributed by atoms with van der Waals surface area (Å²) in [7, 11) is 0. The SMILES string of the molecule is O=C(CCc1n[nH]c2c1CCCC2)NCCOc1ccccc1F. The Hall–Kier alpha value is -2.37. The molecule has 0 fully saturated rings. The van der Waals surface area contributed by atoms with Crippen LogP contribution in [-0.4, -0.2) is 29.3 Å². The number of H-pyrrole nitrogens is 1. The summed E-state index contributed by atoms with van der Waals surface area (Å²) in [6.45, 7) is 0.594. The molecule has 0 bridgehead atoms. The predicted molar refractivity (Wildman–Crippen MR) is 88.5 cm³/mol. The first kappa shape index (κ1) is 16.5. The highest BCUT2D eigenvalue weighted by atomic mass is 19.1. The molecule has 0 atom stereocenters. The molecule has 1 heterocycles. The van der Waals surface area contributed by atoms with Gasteiger partial charge in [-0.3, -0.25) is 9.89 Å². The summed E-state index contributed by atoms with van der Waals surface area (Å²) in [6, 6.07) is 6.23. The Balaban J connectivity index is 1.37. The van der Waals surface area contributed by atoms with E-state index in [4.69, 9.17) is 4.74 Å². The number of aryl methyl sites for hydroxylation is 2. The number of halogens is 1. The van der Waals surface area contributed by atoms with E-state index in [0.29, 0.717) is 19.4 Å². The number of nitrogens with zero attached hydrogens (tertiary/aromatic N) is 1. The average molecular weight is 331 g/mol. The van der Waals surface area contributed by atoms with E-state index >= 15 is 0 Å². The Morgan fingerprint density at radius 1 is 1.29 bits per heavy atom. The fourth-order valence-corrected chi connectivity index (χ4v) is 2.99. The molecule has 1 aliphatic rings. The number of carbonyl (C=O) groups is 1. The van der Waals surface area contributed by atoms with E-state index in [1.807, 2.05) is 0 Å². The molecule has 2 N–H and O–H groups in total. The van der Waals surface area contributed by atoms with Crippen molar-refractivity contribution in [1.29, 1.82) is 0 Å². The van der Waals surface area contributed by atoms with Crippen molar-refractivity contribution < 1.29 is 13.9 Å². The third-order valence-electron chi connectivity index (χ3n) is 4.25. The van der Waals surface area contributed by atoms with Crippen LogP contribution in [0.4, 0.5) is 4.39 Å². The van der Waals surface area contributed by atoms with Crippen LogP contribution in [-0.2, 0) is 24.1 Å². The van der Waals surface area contributed by atoms with Gasteiger partial charge in [-0.1, -0.05) is 12.1 Å². The molecular weight excluding hydrogens is 309 g/mol. The van der Waals surface area contributed by atoms with E-state index in [2.05, 4.69) is 15.5 Å². The van der Waals surface area contributed by atoms with Crippen molar-refractivity contribution in [3.05, 3.63) is 47.0 Å². The Labute approximate surface area is 140 Å². The Bertz CT molecular complexity index is 699. The highest BCUT2D eigenvalue weighted by Crippen LogP contribution is 2.22. The number of amides is 1. The van der Waals surface area contributed by atoms with Gasteiger partial charge in [0.05, 0.1) is 12.2 Å². The fourth-order valence-electron chi connectivity index (χ4n) is 2.99. The minimum Gasteiger partial charge on any atom is -0.489 e. The normalized spacial score (nSPS) is 13.4. The van der Waals surface area contributed by atoms with Crippen LogP contribution in [0.2, 0.25) is 0 Å². The van der Waals surface area contributed by atoms with Gasteiger partial charge >= 0.3 is 0 Å². The molecule has 2 aromatic rings. The molecule has 1 aliphatic carbocycles. The largest absolute Gasteiger partial charge is 0.489 e. The number of hydrogen-bond donors (Lipinski definition) is 2. The van der Waals surface area contributed by atoms with Gasteiger partial charge in [-0.15, -0.1) is 0 Å². The Morgan fingerprint density at radius 3 is 3.00 bits per heavy atom. The van der Waals surface area contributed by atoms with E-state index in [9.17, 15) is 9.18 Å². The van der Waals surface area contributed by atoms with Crippen molar-refractivity contribution in [2.45, 2.75) is 38.5 Å². The maximum atomic E-state index is 13.4. The maximum Gasteiger partial charge on any atom is 0.220 e. The molecule has 3 rings (SSSR count). The van der Waals surface area contributed by atoms with Crippen LogP contribution < -0.4 is 10.1 Å². The number of carbonyl (C=O) groups excluding carboxylic acids is 1. The average Bonchev–Trinajstić information content (AvgIpc) is 3.01. The number of aromatic amines is 1. The first-order valence-electron chi connectivity index (χ1n) is 8.43. The van der Waals surface area contributed by atoms with Gasteiger partial charge in [0.25, 0.3) is 0 Å². The summed E-state index contributed by atoms with van der Waals surface area (Å²) in [5.74, 6) is -0.235. The van der Waals surface area contributed by atoms with Crippen LogP contribution in [0.5, 0.6) is 5.75 Å². The van der Waals surface area contributed by atoms with E-state index in [1.165, 1.54) is 30.2 Å². The van der Waals surface area contributed by atoms with Crippen LogP contribution in [0.25, 0.3) is 0 Å². The topological polar surface area (TPSA) is 67.0 Å². The summed E-state index contributed by atoms with van der Waals surface area (Å²) in [6.07, 6.45) is 5.56. The van der Waals surface area contributed by atoms with Gasteiger partial charge in [0.15, 0.2) is 11.6 Å². The van der Waals surface area contributed by atoms with Crippen LogP contribution in [0, 0.1) is 5.82 Å². The van der Waals surface area contributed by atoms with Crippen molar-refractivity contribution >= 4 is 5.91 Å². The second-order valence-corrected chi connectivity index (χ2v) is 5.96. The molecule has 0 spiro atoms. The molecule has 6 heteroatoms. The zero-order chi connectivity index (χ0) is 16.8. The number of aromatic nitrogens is 2. The van der Waals surface area contributed by atoms with Crippen LogP contribution in [0.15, 0.2) is 24.3 Å². The molecule has 1 aromatic carbocycles. The number of ether oxygens (including phenoxy) is 1. The van der Waals surface area contributed by atoms with Gasteiger partial charge in [-0.25, -0.2) is 4.39 Å². The highest BCUT2D eigenvalue weighted by molar-refractivity contribution is 5.76. The third kappa shape index (κ3) is 4.13. The van der Waals surface area contributed by atoms with Crippen molar-refractivity contribution in [2.24, 2.45) is 0 Å². The molecule has 0 saturated heterocycles. The summed E-state index contributed by atoms with van der Waals surface area (Å²) in [4.78, 5) is 11.9. The zero-order valence-corrected chi connectivity index (χ0v) is 13.6. The quantitative estimate of drug-likeness (QED) is 0.766. The first-order valence-corrected chi connectivity index (χ1v) is 8.43. The molecule has 1 amide bonds. The maximum absolute atomic E-state index is 13.4. The van der Waals surface area contributed by atoms with Crippen LogP contribution in [0.3, 0.4) is 0 Å².